The van der Waals surface area contributed by atoms with Gasteiger partial charge in [-0.15, -0.1) is 10.2 Å². The van der Waals surface area contributed by atoms with Crippen molar-refractivity contribution in [3.63, 3.8) is 0 Å². The topological polar surface area (TPSA) is 77.2 Å². The average molecular weight is 383 g/mol. The fourth-order valence-electron chi connectivity index (χ4n) is 2.35. The van der Waals surface area contributed by atoms with Crippen LogP contribution in [0.2, 0.25) is 0 Å². The maximum Gasteiger partial charge on any atom is 0.277 e. The Morgan fingerprint density at radius 1 is 1.15 bits per heavy atom. The van der Waals surface area contributed by atoms with Crippen molar-refractivity contribution >= 4 is 17.7 Å². The zero-order valence-corrected chi connectivity index (χ0v) is 16.2. The first kappa shape index (κ1) is 19.0. The van der Waals surface area contributed by atoms with E-state index < -0.39 is 0 Å². The molecule has 0 saturated heterocycles. The number of hydrogen-bond donors (Lipinski definition) is 1. The molecule has 2 aromatic carbocycles. The summed E-state index contributed by atoms with van der Waals surface area (Å²) in [6.45, 7) is 4.34. The van der Waals surface area contributed by atoms with Gasteiger partial charge in [0, 0.05) is 12.1 Å². The van der Waals surface area contributed by atoms with E-state index in [2.05, 4.69) is 15.5 Å². The van der Waals surface area contributed by atoms with Crippen LogP contribution in [-0.2, 0) is 11.3 Å². The number of amides is 1. The van der Waals surface area contributed by atoms with E-state index in [9.17, 15) is 4.79 Å². The minimum Gasteiger partial charge on any atom is -0.497 e. The van der Waals surface area contributed by atoms with Crippen LogP contribution in [0.25, 0.3) is 11.5 Å². The molecule has 1 amide bonds. The molecule has 3 rings (SSSR count). The number of benzene rings is 2. The average Bonchev–Trinajstić information content (AvgIpc) is 3.15. The summed E-state index contributed by atoms with van der Waals surface area (Å²) in [5.74, 6) is 1.09. The van der Waals surface area contributed by atoms with Gasteiger partial charge in [-0.25, -0.2) is 0 Å². The number of nitrogens with one attached hydrogen (secondary N) is 1. The highest BCUT2D eigenvalue weighted by Gasteiger charge is 2.18. The minimum absolute atomic E-state index is 0.0789. The molecule has 0 aliphatic heterocycles. The second kappa shape index (κ2) is 8.73. The molecule has 0 aliphatic rings. The van der Waals surface area contributed by atoms with Crippen molar-refractivity contribution in [1.29, 1.82) is 0 Å². The van der Waals surface area contributed by atoms with E-state index >= 15 is 0 Å². The molecule has 0 spiro atoms. The highest BCUT2D eigenvalue weighted by atomic mass is 32.2. The Labute approximate surface area is 162 Å². The summed E-state index contributed by atoms with van der Waals surface area (Å²) in [5.41, 5.74) is 3.05. The van der Waals surface area contributed by atoms with Crippen LogP contribution >= 0.6 is 11.8 Å². The van der Waals surface area contributed by atoms with Crippen molar-refractivity contribution in [3.05, 3.63) is 59.7 Å². The summed E-state index contributed by atoms with van der Waals surface area (Å²) < 4.78 is 10.8. The molecule has 0 bridgehead atoms. The van der Waals surface area contributed by atoms with Gasteiger partial charge >= 0.3 is 0 Å². The Morgan fingerprint density at radius 3 is 2.52 bits per heavy atom. The Morgan fingerprint density at radius 2 is 1.85 bits per heavy atom. The van der Waals surface area contributed by atoms with Crippen molar-refractivity contribution < 1.29 is 13.9 Å². The Balaban J connectivity index is 1.55. The molecule has 0 aliphatic carbocycles. The number of aryl methyl sites for hydroxylation is 1. The highest BCUT2D eigenvalue weighted by molar-refractivity contribution is 8.00. The lowest BCUT2D eigenvalue weighted by atomic mass is 10.1. The molecule has 140 valence electrons. The first-order valence-corrected chi connectivity index (χ1v) is 9.41. The van der Waals surface area contributed by atoms with E-state index in [0.29, 0.717) is 17.7 Å². The smallest absolute Gasteiger partial charge is 0.277 e. The van der Waals surface area contributed by atoms with Crippen molar-refractivity contribution in [3.8, 4) is 17.2 Å². The van der Waals surface area contributed by atoms with E-state index in [1.54, 1.807) is 7.11 Å². The monoisotopic (exact) mass is 383 g/mol. The zero-order valence-electron chi connectivity index (χ0n) is 15.4. The molecule has 1 atom stereocenters. The predicted octanol–water partition coefficient (Wildman–Crippen LogP) is 3.85. The van der Waals surface area contributed by atoms with Crippen LogP contribution < -0.4 is 10.1 Å². The zero-order chi connectivity index (χ0) is 19.2. The van der Waals surface area contributed by atoms with Gasteiger partial charge in [-0.1, -0.05) is 41.6 Å². The molecule has 1 heterocycles. The molecule has 0 fully saturated rings. The second-order valence-corrected chi connectivity index (χ2v) is 7.36. The Hall–Kier alpha value is -2.80. The number of ether oxygens (including phenoxy) is 1. The van der Waals surface area contributed by atoms with Gasteiger partial charge in [0.15, 0.2) is 0 Å². The number of carbonyl (C=O) groups is 1. The number of methoxy groups -OCH3 is 1. The quantitative estimate of drug-likeness (QED) is 0.625. The molecule has 27 heavy (non-hydrogen) atoms. The van der Waals surface area contributed by atoms with Crippen LogP contribution in [0, 0.1) is 6.92 Å². The molecule has 1 N–H and O–H groups in total. The molecular formula is C20H21N3O3S. The van der Waals surface area contributed by atoms with E-state index in [4.69, 9.17) is 9.15 Å². The van der Waals surface area contributed by atoms with Gasteiger partial charge in [0.2, 0.25) is 11.8 Å². The van der Waals surface area contributed by atoms with Crippen LogP contribution in [0.3, 0.4) is 0 Å². The summed E-state index contributed by atoms with van der Waals surface area (Å²) >= 11 is 1.24. The first-order valence-electron chi connectivity index (χ1n) is 8.53. The van der Waals surface area contributed by atoms with Crippen molar-refractivity contribution in [2.24, 2.45) is 0 Å². The summed E-state index contributed by atoms with van der Waals surface area (Å²) in [6, 6.07) is 15.4. The van der Waals surface area contributed by atoms with Crippen LogP contribution in [0.5, 0.6) is 5.75 Å². The number of aromatic nitrogens is 2. The van der Waals surface area contributed by atoms with Crippen LogP contribution in [0.15, 0.2) is 58.2 Å². The molecule has 7 heteroatoms. The van der Waals surface area contributed by atoms with Crippen LogP contribution in [0.1, 0.15) is 18.1 Å². The number of carbonyl (C=O) groups excluding carboxylic acids is 1. The van der Waals surface area contributed by atoms with Crippen LogP contribution in [-0.4, -0.2) is 28.5 Å². The normalized spacial score (nSPS) is 11.8. The molecule has 3 aromatic rings. The second-order valence-electron chi connectivity index (χ2n) is 6.07. The van der Waals surface area contributed by atoms with E-state index in [1.807, 2.05) is 62.4 Å². The third-order valence-corrected chi connectivity index (χ3v) is 4.91. The molecular weight excluding hydrogens is 362 g/mol. The van der Waals surface area contributed by atoms with E-state index in [1.165, 1.54) is 17.3 Å². The maximum atomic E-state index is 12.3. The Bertz CT molecular complexity index is 892. The van der Waals surface area contributed by atoms with Gasteiger partial charge in [-0.2, -0.15) is 0 Å². The van der Waals surface area contributed by atoms with Gasteiger partial charge in [-0.05, 0) is 43.7 Å². The number of rotatable bonds is 7. The number of hydrogen-bond acceptors (Lipinski definition) is 6. The molecule has 1 unspecified atom stereocenters. The molecule has 0 saturated carbocycles. The maximum absolute atomic E-state index is 12.3. The number of nitrogens with zero attached hydrogens (tertiary/aromatic N) is 2. The summed E-state index contributed by atoms with van der Waals surface area (Å²) in [4.78, 5) is 12.3. The van der Waals surface area contributed by atoms with E-state index in [-0.39, 0.29) is 11.2 Å². The van der Waals surface area contributed by atoms with E-state index in [0.717, 1.165) is 16.9 Å². The van der Waals surface area contributed by atoms with Crippen LogP contribution in [0.4, 0.5) is 0 Å². The molecule has 1 aromatic heterocycles. The fourth-order valence-corrected chi connectivity index (χ4v) is 3.06. The van der Waals surface area contributed by atoms with Crippen molar-refractivity contribution in [2.75, 3.05) is 7.11 Å². The highest BCUT2D eigenvalue weighted by Crippen LogP contribution is 2.27. The van der Waals surface area contributed by atoms with Gasteiger partial charge in [-0.3, -0.25) is 4.79 Å². The lowest BCUT2D eigenvalue weighted by Crippen LogP contribution is -2.30. The SMILES string of the molecule is COc1ccc(-c2nnc(SC(C)C(=O)NCc3ccc(C)cc3)o2)cc1. The number of thioether (sulfide) groups is 1. The minimum atomic E-state index is -0.348. The first-order chi connectivity index (χ1) is 13.0. The predicted molar refractivity (Wildman–Crippen MR) is 105 cm³/mol. The van der Waals surface area contributed by atoms with Gasteiger partial charge in [0.05, 0.1) is 12.4 Å². The Kier molecular flexibility index (Phi) is 6.13. The van der Waals surface area contributed by atoms with Crippen molar-refractivity contribution in [2.45, 2.75) is 30.9 Å². The third-order valence-electron chi connectivity index (χ3n) is 3.98. The summed E-state index contributed by atoms with van der Waals surface area (Å²) in [6.07, 6.45) is 0. The molecule has 6 nitrogen and oxygen atoms in total. The van der Waals surface area contributed by atoms with Crippen molar-refractivity contribution in [1.82, 2.24) is 15.5 Å². The molecule has 0 radical (unpaired) electrons. The summed E-state index contributed by atoms with van der Waals surface area (Å²) in [5, 5.41) is 11.0. The van der Waals surface area contributed by atoms with Gasteiger partial charge in [0.1, 0.15) is 5.75 Å². The summed E-state index contributed by atoms with van der Waals surface area (Å²) in [7, 11) is 1.61. The van der Waals surface area contributed by atoms with Gasteiger partial charge < -0.3 is 14.5 Å². The van der Waals surface area contributed by atoms with Gasteiger partial charge in [0.25, 0.3) is 5.22 Å². The standard InChI is InChI=1S/C20H21N3O3S/c1-13-4-6-15(7-5-13)12-21-18(24)14(2)27-20-23-22-19(26-20)16-8-10-17(25-3)11-9-16/h4-11,14H,12H2,1-3H3,(H,21,24). The third kappa shape index (κ3) is 5.10. The fraction of sp³-hybridized carbons (Fsp3) is 0.250. The lowest BCUT2D eigenvalue weighted by molar-refractivity contribution is -0.120. The lowest BCUT2D eigenvalue weighted by Gasteiger charge is -2.10. The largest absolute Gasteiger partial charge is 0.497 e.